The zero-order valence-corrected chi connectivity index (χ0v) is 11.9. The molecular formula is C15H17ClN2O. The quantitative estimate of drug-likeness (QED) is 0.898. The number of rotatable bonds is 5. The highest BCUT2D eigenvalue weighted by atomic mass is 35.5. The molecule has 0 bridgehead atoms. The monoisotopic (exact) mass is 276 g/mol. The van der Waals surface area contributed by atoms with E-state index in [0.29, 0.717) is 17.4 Å². The molecule has 0 aliphatic heterocycles. The molecule has 0 atom stereocenters. The predicted molar refractivity (Wildman–Crippen MR) is 77.9 cm³/mol. The van der Waals surface area contributed by atoms with Crippen molar-refractivity contribution in [1.82, 2.24) is 10.3 Å². The number of pyridine rings is 1. The smallest absolute Gasteiger partial charge is 0.219 e. The van der Waals surface area contributed by atoms with E-state index in [2.05, 4.69) is 10.3 Å². The Labute approximate surface area is 118 Å². The number of hydrogen-bond donors (Lipinski definition) is 1. The van der Waals surface area contributed by atoms with Gasteiger partial charge in [0.1, 0.15) is 5.75 Å². The molecule has 0 aliphatic rings. The summed E-state index contributed by atoms with van der Waals surface area (Å²) in [5, 5.41) is 3.85. The van der Waals surface area contributed by atoms with Crippen molar-refractivity contribution in [2.75, 3.05) is 6.54 Å². The van der Waals surface area contributed by atoms with E-state index >= 15 is 0 Å². The second-order valence-electron chi connectivity index (χ2n) is 4.27. The van der Waals surface area contributed by atoms with Crippen molar-refractivity contribution in [2.24, 2.45) is 0 Å². The fourth-order valence-electron chi connectivity index (χ4n) is 1.62. The van der Waals surface area contributed by atoms with Crippen LogP contribution in [0.15, 0.2) is 36.4 Å². The molecule has 2 aromatic rings. The number of aryl methyl sites for hydroxylation is 1. The van der Waals surface area contributed by atoms with Crippen LogP contribution in [-0.2, 0) is 6.54 Å². The predicted octanol–water partition coefficient (Wildman–Crippen LogP) is 3.95. The molecule has 0 radical (unpaired) electrons. The molecule has 0 aliphatic carbocycles. The zero-order chi connectivity index (χ0) is 13.7. The lowest BCUT2D eigenvalue weighted by atomic mass is 10.2. The molecule has 1 aromatic carbocycles. The molecule has 0 fully saturated rings. The van der Waals surface area contributed by atoms with E-state index in [4.69, 9.17) is 16.3 Å². The molecular weight excluding hydrogens is 260 g/mol. The van der Waals surface area contributed by atoms with Crippen LogP contribution in [0.1, 0.15) is 18.2 Å². The van der Waals surface area contributed by atoms with Gasteiger partial charge in [0.2, 0.25) is 5.88 Å². The summed E-state index contributed by atoms with van der Waals surface area (Å²) in [5.74, 6) is 1.33. The lowest BCUT2D eigenvalue weighted by Gasteiger charge is -2.08. The van der Waals surface area contributed by atoms with Crippen LogP contribution in [0.4, 0.5) is 0 Å². The average molecular weight is 277 g/mol. The van der Waals surface area contributed by atoms with Crippen LogP contribution in [0.5, 0.6) is 11.6 Å². The van der Waals surface area contributed by atoms with Gasteiger partial charge < -0.3 is 10.1 Å². The summed E-state index contributed by atoms with van der Waals surface area (Å²) < 4.78 is 5.71. The van der Waals surface area contributed by atoms with Crippen molar-refractivity contribution < 1.29 is 4.74 Å². The largest absolute Gasteiger partial charge is 0.439 e. The maximum absolute atomic E-state index is 6.10. The van der Waals surface area contributed by atoms with Crippen molar-refractivity contribution in [3.63, 3.8) is 0 Å². The Bertz CT molecular complexity index is 540. The number of nitrogens with zero attached hydrogens (tertiary/aromatic N) is 1. The summed E-state index contributed by atoms with van der Waals surface area (Å²) in [4.78, 5) is 4.41. The van der Waals surface area contributed by atoms with E-state index < -0.39 is 0 Å². The highest BCUT2D eigenvalue weighted by molar-refractivity contribution is 6.31. The van der Waals surface area contributed by atoms with E-state index in [9.17, 15) is 0 Å². The fraction of sp³-hybridized carbons (Fsp3) is 0.267. The zero-order valence-electron chi connectivity index (χ0n) is 11.1. The topological polar surface area (TPSA) is 34.2 Å². The van der Waals surface area contributed by atoms with Crippen molar-refractivity contribution in [2.45, 2.75) is 20.4 Å². The molecule has 3 nitrogen and oxygen atoms in total. The van der Waals surface area contributed by atoms with Gasteiger partial charge >= 0.3 is 0 Å². The van der Waals surface area contributed by atoms with Gasteiger partial charge in [-0.25, -0.2) is 4.98 Å². The summed E-state index contributed by atoms with van der Waals surface area (Å²) in [5.41, 5.74) is 2.00. The van der Waals surface area contributed by atoms with Crippen molar-refractivity contribution in [1.29, 1.82) is 0 Å². The van der Waals surface area contributed by atoms with E-state index in [-0.39, 0.29) is 0 Å². The maximum Gasteiger partial charge on any atom is 0.219 e. The minimum absolute atomic E-state index is 0.557. The first-order valence-corrected chi connectivity index (χ1v) is 6.67. The maximum atomic E-state index is 6.10. The Morgan fingerprint density at radius 1 is 1.16 bits per heavy atom. The Kier molecular flexibility index (Phi) is 4.77. The van der Waals surface area contributed by atoms with Gasteiger partial charge in [0.25, 0.3) is 0 Å². The molecule has 19 heavy (non-hydrogen) atoms. The molecule has 1 aromatic heterocycles. The first kappa shape index (κ1) is 13.8. The molecule has 4 heteroatoms. The summed E-state index contributed by atoms with van der Waals surface area (Å²) >= 11 is 6.10. The first-order valence-electron chi connectivity index (χ1n) is 6.29. The number of nitrogens with one attached hydrogen (secondary N) is 1. The van der Waals surface area contributed by atoms with Gasteiger partial charge in [0, 0.05) is 12.6 Å². The summed E-state index contributed by atoms with van der Waals surface area (Å²) in [7, 11) is 0. The van der Waals surface area contributed by atoms with Gasteiger partial charge in [0.05, 0.1) is 10.7 Å². The van der Waals surface area contributed by atoms with Gasteiger partial charge in [-0.3, -0.25) is 0 Å². The van der Waals surface area contributed by atoms with E-state index in [1.165, 1.54) is 5.56 Å². The second-order valence-corrected chi connectivity index (χ2v) is 4.68. The summed E-state index contributed by atoms with van der Waals surface area (Å²) in [6.07, 6.45) is 0. The molecule has 1 N–H and O–H groups in total. The van der Waals surface area contributed by atoms with Gasteiger partial charge in [-0.15, -0.1) is 0 Å². The summed E-state index contributed by atoms with van der Waals surface area (Å²) in [6, 6.07) is 11.4. The average Bonchev–Trinajstić information content (AvgIpc) is 2.42. The van der Waals surface area contributed by atoms with Crippen LogP contribution in [0.2, 0.25) is 5.02 Å². The molecule has 0 unspecified atom stereocenters. The Morgan fingerprint density at radius 3 is 2.58 bits per heavy atom. The van der Waals surface area contributed by atoms with E-state index in [0.717, 1.165) is 18.0 Å². The molecule has 100 valence electrons. The standard InChI is InChI=1S/C15H17ClN2O/c1-3-17-10-14-13(16)8-9-15(18-14)19-12-6-4-11(2)5-7-12/h4-9,17H,3,10H2,1-2H3. The first-order chi connectivity index (χ1) is 9.19. The van der Waals surface area contributed by atoms with Crippen LogP contribution in [-0.4, -0.2) is 11.5 Å². The lowest BCUT2D eigenvalue weighted by molar-refractivity contribution is 0.459. The highest BCUT2D eigenvalue weighted by Gasteiger charge is 2.05. The summed E-state index contributed by atoms with van der Waals surface area (Å²) in [6.45, 7) is 5.60. The lowest BCUT2D eigenvalue weighted by Crippen LogP contribution is -2.13. The molecule has 2 rings (SSSR count). The second kappa shape index (κ2) is 6.55. The van der Waals surface area contributed by atoms with E-state index in [1.54, 1.807) is 6.07 Å². The molecule has 0 spiro atoms. The molecule has 1 heterocycles. The molecule has 0 saturated carbocycles. The number of aromatic nitrogens is 1. The van der Waals surface area contributed by atoms with Crippen LogP contribution >= 0.6 is 11.6 Å². The Morgan fingerprint density at radius 2 is 1.89 bits per heavy atom. The van der Waals surface area contributed by atoms with Gasteiger partial charge in [0.15, 0.2) is 0 Å². The number of benzene rings is 1. The number of halogens is 1. The SMILES string of the molecule is CCNCc1nc(Oc2ccc(C)cc2)ccc1Cl. The Balaban J connectivity index is 2.14. The highest BCUT2D eigenvalue weighted by Crippen LogP contribution is 2.23. The molecule has 0 amide bonds. The Hall–Kier alpha value is -1.58. The van der Waals surface area contributed by atoms with Crippen LogP contribution in [0, 0.1) is 6.92 Å². The minimum Gasteiger partial charge on any atom is -0.439 e. The number of ether oxygens (including phenoxy) is 1. The van der Waals surface area contributed by atoms with Crippen molar-refractivity contribution >= 4 is 11.6 Å². The van der Waals surface area contributed by atoms with Crippen LogP contribution < -0.4 is 10.1 Å². The third-order valence-corrected chi connectivity index (χ3v) is 3.02. The van der Waals surface area contributed by atoms with E-state index in [1.807, 2.05) is 44.2 Å². The molecule has 0 saturated heterocycles. The van der Waals surface area contributed by atoms with Gasteiger partial charge in [-0.2, -0.15) is 0 Å². The number of hydrogen-bond acceptors (Lipinski definition) is 3. The minimum atomic E-state index is 0.557. The third kappa shape index (κ3) is 3.94. The van der Waals surface area contributed by atoms with Crippen LogP contribution in [0.25, 0.3) is 0 Å². The van der Waals surface area contributed by atoms with Gasteiger partial charge in [-0.1, -0.05) is 36.2 Å². The fourth-order valence-corrected chi connectivity index (χ4v) is 1.79. The normalized spacial score (nSPS) is 10.5. The van der Waals surface area contributed by atoms with Crippen LogP contribution in [0.3, 0.4) is 0 Å². The van der Waals surface area contributed by atoms with Crippen molar-refractivity contribution in [3.8, 4) is 11.6 Å². The third-order valence-electron chi connectivity index (χ3n) is 2.68. The van der Waals surface area contributed by atoms with Crippen molar-refractivity contribution in [3.05, 3.63) is 52.7 Å². The van der Waals surface area contributed by atoms with Gasteiger partial charge in [-0.05, 0) is 31.7 Å².